The molecule has 3 aromatic heterocycles. The van der Waals surface area contributed by atoms with Gasteiger partial charge in [-0.1, -0.05) is 26.8 Å². The van der Waals surface area contributed by atoms with Gasteiger partial charge in [0.25, 0.3) is 0 Å². The summed E-state index contributed by atoms with van der Waals surface area (Å²) in [6, 6.07) is 19.7. The second-order valence-electron chi connectivity index (χ2n) is 10.7. The average molecular weight is 547 g/mol. The van der Waals surface area contributed by atoms with Crippen molar-refractivity contribution in [2.75, 3.05) is 10.6 Å². The smallest absolute Gasteiger partial charge is 0.324 e. The molecule has 0 aliphatic rings. The number of nitrogens with zero attached hydrogens (tertiary/aromatic N) is 6. The van der Waals surface area contributed by atoms with Crippen LogP contribution < -0.4 is 15.4 Å². The fourth-order valence-corrected chi connectivity index (χ4v) is 4.17. The van der Waals surface area contributed by atoms with Crippen molar-refractivity contribution in [3.63, 3.8) is 0 Å². The third kappa shape index (κ3) is 6.25. The Balaban J connectivity index is 1.32. The maximum absolute atomic E-state index is 13.0. The number of anilines is 2. The SMILES string of the molecule is Cc1cc(NC(=O)Nc2cc(C(C)(C)C)nn2-c2cccc(C#N)c2)ccc1Oc1ccnc(-c2cnn(C)c2)c1. The normalized spacial score (nSPS) is 11.1. The van der Waals surface area contributed by atoms with Crippen LogP contribution >= 0.6 is 0 Å². The number of aryl methyl sites for hydroxylation is 2. The number of carbonyl (C=O) groups is 1. The van der Waals surface area contributed by atoms with Crippen molar-refractivity contribution in [3.8, 4) is 34.5 Å². The molecular weight excluding hydrogens is 516 g/mol. The largest absolute Gasteiger partial charge is 0.457 e. The number of benzene rings is 2. The standard InChI is InChI=1S/C31H30N8O2/c1-20-13-23(9-10-27(20)41-25-11-12-33-26(15-25)22-18-34-38(5)19-22)35-30(40)36-29-16-28(31(2,3)4)37-39(29)24-8-6-7-21(14-24)17-32/h6-16,18-19H,1-5H3,(H2,35,36,40). The molecule has 0 aliphatic carbocycles. The molecule has 2 aromatic carbocycles. The van der Waals surface area contributed by atoms with E-state index >= 15 is 0 Å². The Labute approximate surface area is 238 Å². The van der Waals surface area contributed by atoms with Crippen molar-refractivity contribution < 1.29 is 9.53 Å². The predicted molar refractivity (Wildman–Crippen MR) is 157 cm³/mol. The number of amides is 2. The van der Waals surface area contributed by atoms with Gasteiger partial charge in [0.2, 0.25) is 0 Å². The number of hydrogen-bond acceptors (Lipinski definition) is 6. The van der Waals surface area contributed by atoms with Gasteiger partial charge in [0.1, 0.15) is 17.3 Å². The summed E-state index contributed by atoms with van der Waals surface area (Å²) < 4.78 is 9.48. The first kappa shape index (κ1) is 27.1. The highest BCUT2D eigenvalue weighted by atomic mass is 16.5. The van der Waals surface area contributed by atoms with E-state index in [4.69, 9.17) is 9.84 Å². The molecule has 0 unspecified atom stereocenters. The second-order valence-corrected chi connectivity index (χ2v) is 10.7. The molecule has 0 spiro atoms. The summed E-state index contributed by atoms with van der Waals surface area (Å²) in [6.45, 7) is 8.06. The molecule has 5 aromatic rings. The maximum atomic E-state index is 13.0. The molecule has 0 atom stereocenters. The number of pyridine rings is 1. The van der Waals surface area contributed by atoms with Crippen molar-refractivity contribution in [1.29, 1.82) is 5.26 Å². The third-order valence-electron chi connectivity index (χ3n) is 6.33. The molecule has 0 radical (unpaired) electrons. The van der Waals surface area contributed by atoms with Gasteiger partial charge in [0, 0.05) is 48.2 Å². The molecule has 10 nitrogen and oxygen atoms in total. The number of aromatic nitrogens is 5. The van der Waals surface area contributed by atoms with E-state index in [-0.39, 0.29) is 5.41 Å². The van der Waals surface area contributed by atoms with E-state index in [2.05, 4.69) is 26.8 Å². The van der Waals surface area contributed by atoms with E-state index < -0.39 is 6.03 Å². The Morgan fingerprint density at radius 2 is 1.88 bits per heavy atom. The minimum Gasteiger partial charge on any atom is -0.457 e. The molecule has 5 rings (SSSR count). The van der Waals surface area contributed by atoms with E-state index in [1.54, 1.807) is 52.1 Å². The van der Waals surface area contributed by atoms with Gasteiger partial charge in [0.15, 0.2) is 0 Å². The Kier molecular flexibility index (Phi) is 7.27. The molecule has 2 N–H and O–H groups in total. The topological polar surface area (TPSA) is 123 Å². The lowest BCUT2D eigenvalue weighted by Gasteiger charge is -2.14. The number of nitrogens with one attached hydrogen (secondary N) is 2. The van der Waals surface area contributed by atoms with Crippen molar-refractivity contribution in [3.05, 3.63) is 96.1 Å². The second kappa shape index (κ2) is 11.0. The molecule has 0 saturated carbocycles. The van der Waals surface area contributed by atoms with E-state index in [0.717, 1.165) is 22.5 Å². The Bertz CT molecular complexity index is 1770. The Morgan fingerprint density at radius 1 is 1.05 bits per heavy atom. The minimum atomic E-state index is -0.425. The molecule has 0 bridgehead atoms. The van der Waals surface area contributed by atoms with Gasteiger partial charge in [-0.25, -0.2) is 9.48 Å². The monoisotopic (exact) mass is 546 g/mol. The summed E-state index contributed by atoms with van der Waals surface area (Å²) in [6.07, 6.45) is 5.34. The number of nitriles is 1. The summed E-state index contributed by atoms with van der Waals surface area (Å²) in [5.74, 6) is 1.79. The lowest BCUT2D eigenvalue weighted by Crippen LogP contribution is -2.21. The molecule has 0 aliphatic heterocycles. The van der Waals surface area contributed by atoms with Crippen molar-refractivity contribution in [1.82, 2.24) is 24.5 Å². The van der Waals surface area contributed by atoms with Gasteiger partial charge in [0.05, 0.1) is 34.9 Å². The minimum absolute atomic E-state index is 0.245. The Morgan fingerprint density at radius 3 is 2.59 bits per heavy atom. The lowest BCUT2D eigenvalue weighted by molar-refractivity contribution is 0.262. The summed E-state index contributed by atoms with van der Waals surface area (Å²) in [5.41, 5.74) is 4.84. The predicted octanol–water partition coefficient (Wildman–Crippen LogP) is 6.58. The lowest BCUT2D eigenvalue weighted by atomic mass is 9.92. The molecule has 0 fully saturated rings. The Hall–Kier alpha value is -5.43. The van der Waals surface area contributed by atoms with Crippen molar-refractivity contribution in [2.24, 2.45) is 7.05 Å². The van der Waals surface area contributed by atoms with Crippen LogP contribution in [0, 0.1) is 18.3 Å². The molecule has 2 amide bonds. The van der Waals surface area contributed by atoms with Crippen molar-refractivity contribution in [2.45, 2.75) is 33.1 Å². The first-order valence-electron chi connectivity index (χ1n) is 13.0. The van der Waals surface area contributed by atoms with Crippen LogP contribution in [0.1, 0.15) is 37.6 Å². The zero-order chi connectivity index (χ0) is 29.1. The van der Waals surface area contributed by atoms with Crippen LogP contribution in [0.5, 0.6) is 11.5 Å². The van der Waals surface area contributed by atoms with Gasteiger partial charge >= 0.3 is 6.03 Å². The van der Waals surface area contributed by atoms with E-state index in [1.165, 1.54) is 0 Å². The molecule has 3 heterocycles. The van der Waals surface area contributed by atoms with Crippen LogP contribution in [0.15, 0.2) is 79.3 Å². The first-order chi connectivity index (χ1) is 19.6. The highest BCUT2D eigenvalue weighted by molar-refractivity contribution is 5.99. The summed E-state index contributed by atoms with van der Waals surface area (Å²) in [5, 5.41) is 24.0. The quantitative estimate of drug-likeness (QED) is 0.248. The number of carbonyl (C=O) groups excluding carboxylic acids is 1. The first-order valence-corrected chi connectivity index (χ1v) is 13.0. The number of ether oxygens (including phenoxy) is 1. The molecular formula is C31H30N8O2. The van der Waals surface area contributed by atoms with Crippen LogP contribution in [0.2, 0.25) is 0 Å². The summed E-state index contributed by atoms with van der Waals surface area (Å²) >= 11 is 0. The van der Waals surface area contributed by atoms with Crippen LogP contribution in [0.4, 0.5) is 16.3 Å². The molecule has 41 heavy (non-hydrogen) atoms. The number of hydrogen-bond donors (Lipinski definition) is 2. The fourth-order valence-electron chi connectivity index (χ4n) is 4.17. The van der Waals surface area contributed by atoms with Crippen LogP contribution in [-0.2, 0) is 12.5 Å². The molecule has 0 saturated heterocycles. The average Bonchev–Trinajstić information content (AvgIpc) is 3.57. The van der Waals surface area contributed by atoms with Gasteiger partial charge < -0.3 is 10.1 Å². The van der Waals surface area contributed by atoms with E-state index in [9.17, 15) is 10.1 Å². The summed E-state index contributed by atoms with van der Waals surface area (Å²) in [7, 11) is 1.86. The van der Waals surface area contributed by atoms with Crippen LogP contribution in [0.25, 0.3) is 16.9 Å². The van der Waals surface area contributed by atoms with Crippen molar-refractivity contribution >= 4 is 17.5 Å². The maximum Gasteiger partial charge on any atom is 0.324 e. The molecule has 10 heteroatoms. The highest BCUT2D eigenvalue weighted by Crippen LogP contribution is 2.30. The number of urea groups is 1. The van der Waals surface area contributed by atoms with Crippen LogP contribution in [-0.4, -0.2) is 30.6 Å². The van der Waals surface area contributed by atoms with Gasteiger partial charge in [-0.05, 0) is 55.0 Å². The molecule has 206 valence electrons. The van der Waals surface area contributed by atoms with E-state index in [0.29, 0.717) is 34.3 Å². The van der Waals surface area contributed by atoms with Gasteiger partial charge in [-0.2, -0.15) is 15.5 Å². The third-order valence-corrected chi connectivity index (χ3v) is 6.33. The zero-order valence-electron chi connectivity index (χ0n) is 23.5. The summed E-state index contributed by atoms with van der Waals surface area (Å²) in [4.78, 5) is 17.5. The van der Waals surface area contributed by atoms with Gasteiger partial charge in [-0.15, -0.1) is 0 Å². The number of rotatable bonds is 6. The fraction of sp³-hybridized carbons (Fsp3) is 0.194. The zero-order valence-corrected chi connectivity index (χ0v) is 23.5. The highest BCUT2D eigenvalue weighted by Gasteiger charge is 2.22. The van der Waals surface area contributed by atoms with Gasteiger partial charge in [-0.3, -0.25) is 15.0 Å². The van der Waals surface area contributed by atoms with Crippen LogP contribution in [0.3, 0.4) is 0 Å². The van der Waals surface area contributed by atoms with E-state index in [1.807, 2.05) is 71.3 Å².